The summed E-state index contributed by atoms with van der Waals surface area (Å²) in [6.07, 6.45) is 0.365. The van der Waals surface area contributed by atoms with E-state index in [1.165, 1.54) is 11.3 Å². The number of carbonyl (C=O) groups is 1. The van der Waals surface area contributed by atoms with Gasteiger partial charge in [-0.15, -0.1) is 11.3 Å². The van der Waals surface area contributed by atoms with Crippen LogP contribution in [0.2, 0.25) is 10.0 Å². The Morgan fingerprint density at radius 3 is 2.79 bits per heavy atom. The monoisotopic (exact) mass is 312 g/mol. The van der Waals surface area contributed by atoms with E-state index in [2.05, 4.69) is 5.32 Å². The van der Waals surface area contributed by atoms with Gasteiger partial charge in [-0.1, -0.05) is 23.2 Å². The van der Waals surface area contributed by atoms with E-state index in [-0.39, 0.29) is 11.9 Å². The third-order valence-electron chi connectivity index (χ3n) is 3.11. The van der Waals surface area contributed by atoms with Crippen LogP contribution in [-0.2, 0) is 11.2 Å². The molecule has 98 valence electrons. The Kier molecular flexibility index (Phi) is 3.27. The smallest absolute Gasteiger partial charge is 0.228 e. The van der Waals surface area contributed by atoms with Gasteiger partial charge in [0.15, 0.2) is 0 Å². The van der Waals surface area contributed by atoms with Crippen LogP contribution in [0.4, 0.5) is 5.69 Å². The maximum atomic E-state index is 11.4. The molecule has 0 fully saturated rings. The lowest BCUT2D eigenvalue weighted by atomic mass is 10.0. The van der Waals surface area contributed by atoms with Gasteiger partial charge in [-0.2, -0.15) is 0 Å². The standard InChI is InChI=1S/C13H10Cl2N2OS/c14-8-1-2-19-13(8)12(16)7-3-6-4-11(18)17-10(6)5-9(7)15/h1-3,5,12H,4,16H2,(H,17,18). The molecule has 0 saturated heterocycles. The van der Waals surface area contributed by atoms with Gasteiger partial charge in [0.2, 0.25) is 5.91 Å². The zero-order chi connectivity index (χ0) is 13.6. The lowest BCUT2D eigenvalue weighted by molar-refractivity contribution is -0.115. The van der Waals surface area contributed by atoms with Crippen LogP contribution in [0.15, 0.2) is 23.6 Å². The predicted octanol–water partition coefficient (Wildman–Crippen LogP) is 3.60. The van der Waals surface area contributed by atoms with E-state index in [1.807, 2.05) is 17.5 Å². The molecule has 19 heavy (non-hydrogen) atoms. The first-order valence-electron chi connectivity index (χ1n) is 5.67. The number of carbonyl (C=O) groups excluding carboxylic acids is 1. The maximum absolute atomic E-state index is 11.4. The molecule has 3 N–H and O–H groups in total. The third kappa shape index (κ3) is 2.25. The van der Waals surface area contributed by atoms with Crippen LogP contribution in [0.5, 0.6) is 0 Å². The van der Waals surface area contributed by atoms with Gasteiger partial charge < -0.3 is 11.1 Å². The topological polar surface area (TPSA) is 55.1 Å². The van der Waals surface area contributed by atoms with E-state index in [9.17, 15) is 4.79 Å². The summed E-state index contributed by atoms with van der Waals surface area (Å²) in [5.41, 5.74) is 8.71. The zero-order valence-corrected chi connectivity index (χ0v) is 12.1. The SMILES string of the molecule is NC(c1cc2c(cc1Cl)NC(=O)C2)c1sccc1Cl. The Morgan fingerprint density at radius 1 is 1.32 bits per heavy atom. The van der Waals surface area contributed by atoms with Crippen LogP contribution in [0.3, 0.4) is 0 Å². The van der Waals surface area contributed by atoms with Gasteiger partial charge in [0, 0.05) is 15.6 Å². The van der Waals surface area contributed by atoms with Crippen molar-refractivity contribution in [3.63, 3.8) is 0 Å². The van der Waals surface area contributed by atoms with Crippen LogP contribution in [0, 0.1) is 0 Å². The van der Waals surface area contributed by atoms with E-state index in [0.717, 1.165) is 21.7 Å². The maximum Gasteiger partial charge on any atom is 0.228 e. The molecule has 0 spiro atoms. The second-order valence-electron chi connectivity index (χ2n) is 4.37. The third-order valence-corrected chi connectivity index (χ3v) is 4.88. The zero-order valence-electron chi connectivity index (χ0n) is 9.74. The predicted molar refractivity (Wildman–Crippen MR) is 79.1 cm³/mol. The summed E-state index contributed by atoms with van der Waals surface area (Å²) in [7, 11) is 0. The van der Waals surface area contributed by atoms with Gasteiger partial charge in [0.1, 0.15) is 0 Å². The van der Waals surface area contributed by atoms with Crippen molar-refractivity contribution in [1.82, 2.24) is 0 Å². The van der Waals surface area contributed by atoms with Gasteiger partial charge in [-0.25, -0.2) is 0 Å². The molecule has 0 aliphatic carbocycles. The Labute approximate surface area is 124 Å². The highest BCUT2D eigenvalue weighted by Crippen LogP contribution is 2.37. The number of hydrogen-bond acceptors (Lipinski definition) is 3. The number of nitrogens with two attached hydrogens (primary N) is 1. The lowest BCUT2D eigenvalue weighted by Crippen LogP contribution is -2.11. The van der Waals surface area contributed by atoms with Crippen LogP contribution in [0.1, 0.15) is 22.0 Å². The molecule has 2 heterocycles. The molecule has 1 aliphatic rings. The molecular formula is C13H10Cl2N2OS. The molecule has 0 bridgehead atoms. The Bertz CT molecular complexity index is 669. The Hall–Kier alpha value is -1.07. The Morgan fingerprint density at radius 2 is 2.11 bits per heavy atom. The van der Waals surface area contributed by atoms with Crippen molar-refractivity contribution in [2.75, 3.05) is 5.32 Å². The first-order chi connectivity index (χ1) is 9.06. The highest BCUT2D eigenvalue weighted by molar-refractivity contribution is 7.10. The molecule has 1 aromatic heterocycles. The summed E-state index contributed by atoms with van der Waals surface area (Å²) in [5, 5.41) is 5.84. The average Bonchev–Trinajstić information content (AvgIpc) is 2.92. The van der Waals surface area contributed by atoms with Gasteiger partial charge in [-0.05, 0) is 34.7 Å². The summed E-state index contributed by atoms with van der Waals surface area (Å²) in [6, 6.07) is 5.07. The molecule has 1 unspecified atom stereocenters. The molecule has 1 amide bonds. The molecular weight excluding hydrogens is 303 g/mol. The summed E-state index contributed by atoms with van der Waals surface area (Å²) in [6.45, 7) is 0. The van der Waals surface area contributed by atoms with Crippen molar-refractivity contribution < 1.29 is 4.79 Å². The fourth-order valence-electron chi connectivity index (χ4n) is 2.17. The molecule has 6 heteroatoms. The van der Waals surface area contributed by atoms with Crippen molar-refractivity contribution in [1.29, 1.82) is 0 Å². The first kappa shape index (κ1) is 12.9. The lowest BCUT2D eigenvalue weighted by Gasteiger charge is -2.14. The summed E-state index contributed by atoms with van der Waals surface area (Å²) < 4.78 is 0. The first-order valence-corrected chi connectivity index (χ1v) is 7.30. The summed E-state index contributed by atoms with van der Waals surface area (Å²) in [4.78, 5) is 12.2. The number of nitrogens with one attached hydrogen (secondary N) is 1. The molecule has 1 aromatic carbocycles. The van der Waals surface area contributed by atoms with Crippen molar-refractivity contribution in [3.8, 4) is 0 Å². The number of halogens is 2. The van der Waals surface area contributed by atoms with E-state index in [1.54, 1.807) is 6.07 Å². The van der Waals surface area contributed by atoms with Crippen molar-refractivity contribution in [3.05, 3.63) is 49.6 Å². The van der Waals surface area contributed by atoms with E-state index in [4.69, 9.17) is 28.9 Å². The molecule has 3 rings (SSSR count). The summed E-state index contributed by atoms with van der Waals surface area (Å²) >= 11 is 13.8. The van der Waals surface area contributed by atoms with Crippen molar-refractivity contribution in [2.45, 2.75) is 12.5 Å². The van der Waals surface area contributed by atoms with Crippen molar-refractivity contribution >= 4 is 46.1 Å². The van der Waals surface area contributed by atoms with Crippen LogP contribution < -0.4 is 11.1 Å². The highest BCUT2D eigenvalue weighted by atomic mass is 35.5. The largest absolute Gasteiger partial charge is 0.325 e. The second-order valence-corrected chi connectivity index (χ2v) is 6.13. The number of amides is 1. The van der Waals surface area contributed by atoms with Crippen LogP contribution in [-0.4, -0.2) is 5.91 Å². The van der Waals surface area contributed by atoms with E-state index >= 15 is 0 Å². The molecule has 1 aliphatic heterocycles. The minimum Gasteiger partial charge on any atom is -0.325 e. The number of fused-ring (bicyclic) bond motifs is 1. The second kappa shape index (κ2) is 4.80. The molecule has 1 atom stereocenters. The van der Waals surface area contributed by atoms with Gasteiger partial charge in [0.25, 0.3) is 0 Å². The highest BCUT2D eigenvalue weighted by Gasteiger charge is 2.23. The van der Waals surface area contributed by atoms with Gasteiger partial charge >= 0.3 is 0 Å². The molecule has 3 nitrogen and oxygen atoms in total. The minimum absolute atomic E-state index is 0.0223. The number of rotatable bonds is 2. The average molecular weight is 313 g/mol. The van der Waals surface area contributed by atoms with Crippen LogP contribution in [0.25, 0.3) is 0 Å². The number of hydrogen-bond donors (Lipinski definition) is 2. The Balaban J connectivity index is 2.05. The normalized spacial score (nSPS) is 15.2. The fraction of sp³-hybridized carbons (Fsp3) is 0.154. The van der Waals surface area contributed by atoms with Gasteiger partial charge in [-0.3, -0.25) is 4.79 Å². The van der Waals surface area contributed by atoms with E-state index < -0.39 is 0 Å². The summed E-state index contributed by atoms with van der Waals surface area (Å²) in [5.74, 6) is -0.0223. The quantitative estimate of drug-likeness (QED) is 0.890. The molecule has 0 radical (unpaired) electrons. The molecule has 0 saturated carbocycles. The number of thiophene rings is 1. The van der Waals surface area contributed by atoms with E-state index in [0.29, 0.717) is 16.5 Å². The number of benzene rings is 1. The van der Waals surface area contributed by atoms with Crippen molar-refractivity contribution in [2.24, 2.45) is 5.73 Å². The minimum atomic E-state index is -0.374. The fourth-order valence-corrected chi connectivity index (χ4v) is 3.65. The molecule has 2 aromatic rings. The van der Waals surface area contributed by atoms with Gasteiger partial charge in [0.05, 0.1) is 17.5 Å². The van der Waals surface area contributed by atoms with Crippen LogP contribution >= 0.6 is 34.5 Å². The number of anilines is 1.